The first kappa shape index (κ1) is 14.8. The van der Waals surface area contributed by atoms with Gasteiger partial charge in [0.25, 0.3) is 0 Å². The zero-order valence-corrected chi connectivity index (χ0v) is 12.4. The predicted octanol–water partition coefficient (Wildman–Crippen LogP) is 3.86. The average molecular weight is 277 g/mol. The molecule has 0 aromatic carbocycles. The standard InChI is InChI=1S/C13H22Cl2N2/c1-11(2)8-13(9-14,10-15)5-4-12-16-6-7-17(12)3/h6-7,11H,4-5,8-10H2,1-3H3. The number of alkyl halides is 2. The van der Waals surface area contributed by atoms with E-state index in [-0.39, 0.29) is 5.41 Å². The van der Waals surface area contributed by atoms with E-state index in [0.717, 1.165) is 25.1 Å². The Bertz CT molecular complexity index is 330. The third-order valence-electron chi connectivity index (χ3n) is 3.21. The van der Waals surface area contributed by atoms with Gasteiger partial charge in [0.15, 0.2) is 0 Å². The molecule has 0 fully saturated rings. The van der Waals surface area contributed by atoms with Gasteiger partial charge in [-0.3, -0.25) is 0 Å². The van der Waals surface area contributed by atoms with Crippen molar-refractivity contribution in [2.75, 3.05) is 11.8 Å². The lowest BCUT2D eigenvalue weighted by atomic mass is 9.79. The van der Waals surface area contributed by atoms with E-state index in [1.54, 1.807) is 0 Å². The zero-order valence-electron chi connectivity index (χ0n) is 10.9. The number of imidazole rings is 1. The fraction of sp³-hybridized carbons (Fsp3) is 0.769. The highest BCUT2D eigenvalue weighted by Crippen LogP contribution is 2.34. The third kappa shape index (κ3) is 4.18. The summed E-state index contributed by atoms with van der Waals surface area (Å²) in [5.74, 6) is 2.97. The lowest BCUT2D eigenvalue weighted by molar-refractivity contribution is 0.273. The highest BCUT2D eigenvalue weighted by molar-refractivity contribution is 6.21. The average Bonchev–Trinajstić information content (AvgIpc) is 2.70. The maximum Gasteiger partial charge on any atom is 0.108 e. The Morgan fingerprint density at radius 1 is 1.35 bits per heavy atom. The summed E-state index contributed by atoms with van der Waals surface area (Å²) < 4.78 is 2.06. The van der Waals surface area contributed by atoms with Gasteiger partial charge in [0.1, 0.15) is 5.82 Å². The third-order valence-corrected chi connectivity index (χ3v) is 4.34. The molecular weight excluding hydrogens is 255 g/mol. The van der Waals surface area contributed by atoms with Crippen LogP contribution < -0.4 is 0 Å². The molecule has 0 unspecified atom stereocenters. The lowest BCUT2D eigenvalue weighted by Gasteiger charge is -2.31. The maximum atomic E-state index is 6.14. The Morgan fingerprint density at radius 3 is 2.41 bits per heavy atom. The minimum atomic E-state index is 0.0449. The van der Waals surface area contributed by atoms with Gasteiger partial charge in [-0.15, -0.1) is 23.2 Å². The molecule has 1 aromatic rings. The second kappa shape index (κ2) is 6.65. The van der Waals surface area contributed by atoms with Gasteiger partial charge in [0.2, 0.25) is 0 Å². The molecule has 0 atom stereocenters. The van der Waals surface area contributed by atoms with Crippen LogP contribution in [0, 0.1) is 11.3 Å². The van der Waals surface area contributed by atoms with Gasteiger partial charge in [0, 0.05) is 37.6 Å². The van der Waals surface area contributed by atoms with E-state index in [1.165, 1.54) is 0 Å². The Labute approximate surface area is 114 Å². The van der Waals surface area contributed by atoms with Gasteiger partial charge in [-0.05, 0) is 24.2 Å². The van der Waals surface area contributed by atoms with Crippen LogP contribution in [0.1, 0.15) is 32.5 Å². The molecular formula is C13H22Cl2N2. The molecule has 0 bridgehead atoms. The molecule has 1 heterocycles. The van der Waals surface area contributed by atoms with Crippen LogP contribution in [0.4, 0.5) is 0 Å². The molecule has 0 aliphatic heterocycles. The minimum Gasteiger partial charge on any atom is -0.338 e. The van der Waals surface area contributed by atoms with Crippen molar-refractivity contribution in [2.24, 2.45) is 18.4 Å². The number of rotatable bonds is 7. The van der Waals surface area contributed by atoms with Crippen LogP contribution in [0.2, 0.25) is 0 Å². The molecule has 4 heteroatoms. The monoisotopic (exact) mass is 276 g/mol. The van der Waals surface area contributed by atoms with Crippen molar-refractivity contribution in [3.05, 3.63) is 18.2 Å². The molecule has 2 nitrogen and oxygen atoms in total. The number of aromatic nitrogens is 2. The Morgan fingerprint density at radius 2 is 2.00 bits per heavy atom. The SMILES string of the molecule is CC(C)CC(CCl)(CCl)CCc1nccn1C. The Kier molecular flexibility index (Phi) is 5.81. The second-order valence-electron chi connectivity index (χ2n) is 5.32. The largest absolute Gasteiger partial charge is 0.338 e. The van der Waals surface area contributed by atoms with Crippen molar-refractivity contribution in [1.82, 2.24) is 9.55 Å². The summed E-state index contributed by atoms with van der Waals surface area (Å²) in [6, 6.07) is 0. The Hall–Kier alpha value is -0.210. The molecule has 0 aliphatic carbocycles. The first-order valence-corrected chi connectivity index (χ1v) is 7.18. The van der Waals surface area contributed by atoms with E-state index in [4.69, 9.17) is 23.2 Å². The molecule has 1 rings (SSSR count). The molecule has 0 amide bonds. The Balaban J connectivity index is 2.64. The highest BCUT2D eigenvalue weighted by Gasteiger charge is 2.29. The molecule has 0 radical (unpaired) electrons. The summed E-state index contributed by atoms with van der Waals surface area (Å²) in [4.78, 5) is 4.34. The number of nitrogens with zero attached hydrogens (tertiary/aromatic N) is 2. The van der Waals surface area contributed by atoms with Crippen molar-refractivity contribution < 1.29 is 0 Å². The molecule has 1 aromatic heterocycles. The van der Waals surface area contributed by atoms with Crippen molar-refractivity contribution >= 4 is 23.2 Å². The second-order valence-corrected chi connectivity index (χ2v) is 5.85. The molecule has 0 spiro atoms. The molecule has 0 N–H and O–H groups in total. The van der Waals surface area contributed by atoms with Gasteiger partial charge in [0.05, 0.1) is 0 Å². The van der Waals surface area contributed by atoms with E-state index < -0.39 is 0 Å². The smallest absolute Gasteiger partial charge is 0.108 e. The summed E-state index contributed by atoms with van der Waals surface area (Å²) in [6.45, 7) is 4.43. The van der Waals surface area contributed by atoms with Gasteiger partial charge in [-0.1, -0.05) is 13.8 Å². The lowest BCUT2D eigenvalue weighted by Crippen LogP contribution is -2.28. The summed E-state index contributed by atoms with van der Waals surface area (Å²) in [5, 5.41) is 0. The van der Waals surface area contributed by atoms with Crippen molar-refractivity contribution in [3.8, 4) is 0 Å². The quantitative estimate of drug-likeness (QED) is 0.692. The summed E-state index contributed by atoms with van der Waals surface area (Å²) >= 11 is 12.3. The predicted molar refractivity (Wildman–Crippen MR) is 74.9 cm³/mol. The van der Waals surface area contributed by atoms with Crippen LogP contribution in [-0.4, -0.2) is 21.3 Å². The molecule has 98 valence electrons. The van der Waals surface area contributed by atoms with E-state index in [1.807, 2.05) is 19.4 Å². The van der Waals surface area contributed by atoms with Crippen molar-refractivity contribution in [2.45, 2.75) is 33.1 Å². The topological polar surface area (TPSA) is 17.8 Å². The van der Waals surface area contributed by atoms with E-state index >= 15 is 0 Å². The van der Waals surface area contributed by atoms with Crippen molar-refractivity contribution in [1.29, 1.82) is 0 Å². The van der Waals surface area contributed by atoms with Gasteiger partial charge < -0.3 is 4.57 Å². The summed E-state index contributed by atoms with van der Waals surface area (Å²) in [7, 11) is 2.02. The zero-order chi connectivity index (χ0) is 12.9. The van der Waals surface area contributed by atoms with Gasteiger partial charge >= 0.3 is 0 Å². The summed E-state index contributed by atoms with van der Waals surface area (Å²) in [5.41, 5.74) is 0.0449. The molecule has 0 aliphatic rings. The number of halogens is 2. The van der Waals surface area contributed by atoms with E-state index in [0.29, 0.717) is 17.7 Å². The highest BCUT2D eigenvalue weighted by atomic mass is 35.5. The summed E-state index contributed by atoms with van der Waals surface area (Å²) in [6.07, 6.45) is 6.82. The normalized spacial score (nSPS) is 12.4. The first-order chi connectivity index (χ1) is 8.03. The molecule has 0 saturated heterocycles. The number of hydrogen-bond donors (Lipinski definition) is 0. The number of aryl methyl sites for hydroxylation is 2. The fourth-order valence-electron chi connectivity index (χ4n) is 2.26. The fourth-order valence-corrected chi connectivity index (χ4v) is 3.03. The van der Waals surface area contributed by atoms with Gasteiger partial charge in [-0.2, -0.15) is 0 Å². The minimum absolute atomic E-state index is 0.0449. The van der Waals surface area contributed by atoms with Crippen LogP contribution in [0.15, 0.2) is 12.4 Å². The van der Waals surface area contributed by atoms with Crippen LogP contribution in [0.25, 0.3) is 0 Å². The van der Waals surface area contributed by atoms with Crippen LogP contribution in [-0.2, 0) is 13.5 Å². The van der Waals surface area contributed by atoms with Crippen LogP contribution >= 0.6 is 23.2 Å². The van der Waals surface area contributed by atoms with E-state index in [9.17, 15) is 0 Å². The molecule has 0 saturated carbocycles. The first-order valence-electron chi connectivity index (χ1n) is 6.11. The van der Waals surface area contributed by atoms with Crippen LogP contribution in [0.3, 0.4) is 0 Å². The van der Waals surface area contributed by atoms with Crippen LogP contribution in [0.5, 0.6) is 0 Å². The molecule has 17 heavy (non-hydrogen) atoms. The number of hydrogen-bond acceptors (Lipinski definition) is 1. The van der Waals surface area contributed by atoms with E-state index in [2.05, 4.69) is 23.4 Å². The van der Waals surface area contributed by atoms with Gasteiger partial charge in [-0.25, -0.2) is 4.98 Å². The maximum absolute atomic E-state index is 6.14. The van der Waals surface area contributed by atoms with Crippen molar-refractivity contribution in [3.63, 3.8) is 0 Å².